The van der Waals surface area contributed by atoms with Crippen molar-refractivity contribution in [3.63, 3.8) is 0 Å². The zero-order valence-corrected chi connectivity index (χ0v) is 13.4. The van der Waals surface area contributed by atoms with Gasteiger partial charge in [0.1, 0.15) is 17.9 Å². The number of hydrogen-bond donors (Lipinski definition) is 3. The lowest BCUT2D eigenvalue weighted by molar-refractivity contribution is -0.142. The number of aliphatic carboxylic acids is 1. The average molecular weight is 336 g/mol. The smallest absolute Gasteiger partial charge is 0.326 e. The van der Waals surface area contributed by atoms with Crippen molar-refractivity contribution in [3.05, 3.63) is 48.3 Å². The molecule has 1 rings (SSSR count). The van der Waals surface area contributed by atoms with Gasteiger partial charge in [-0.05, 0) is 24.5 Å². The lowest BCUT2D eigenvalue weighted by Crippen LogP contribution is -2.52. The Balaban J connectivity index is 2.87. The molecule has 2 atom stereocenters. The monoisotopic (exact) mass is 336 g/mol. The molecule has 7 heteroatoms. The number of carboxylic acids is 1. The van der Waals surface area contributed by atoms with Crippen LogP contribution in [0.2, 0.25) is 0 Å². The topological polar surface area (TPSA) is 95.5 Å². The van der Waals surface area contributed by atoms with Crippen LogP contribution in [-0.4, -0.2) is 35.0 Å². The highest BCUT2D eigenvalue weighted by Gasteiger charge is 2.26. The second-order valence-corrected chi connectivity index (χ2v) is 5.31. The third kappa shape index (κ3) is 6.20. The Morgan fingerprint density at radius 3 is 2.46 bits per heavy atom. The molecular formula is C17H21FN2O4. The lowest BCUT2D eigenvalue weighted by atomic mass is 10.0. The molecule has 2 amide bonds. The molecule has 1 aromatic carbocycles. The van der Waals surface area contributed by atoms with Crippen molar-refractivity contribution in [2.75, 3.05) is 0 Å². The Hall–Kier alpha value is -2.70. The zero-order chi connectivity index (χ0) is 18.1. The van der Waals surface area contributed by atoms with Crippen molar-refractivity contribution in [1.82, 2.24) is 10.6 Å². The summed E-state index contributed by atoms with van der Waals surface area (Å²) in [5, 5.41) is 13.9. The maximum Gasteiger partial charge on any atom is 0.326 e. The molecule has 0 aliphatic rings. The van der Waals surface area contributed by atoms with Crippen molar-refractivity contribution in [3.8, 4) is 0 Å². The first-order valence-electron chi connectivity index (χ1n) is 7.49. The number of allylic oxidation sites excluding steroid dienone is 1. The maximum atomic E-state index is 13.8. The summed E-state index contributed by atoms with van der Waals surface area (Å²) in [6.07, 6.45) is 2.06. The minimum absolute atomic E-state index is 0.0775. The predicted molar refractivity (Wildman–Crippen MR) is 86.7 cm³/mol. The molecule has 0 heterocycles. The van der Waals surface area contributed by atoms with Crippen LogP contribution in [0.1, 0.15) is 25.3 Å². The van der Waals surface area contributed by atoms with Gasteiger partial charge in [-0.1, -0.05) is 24.3 Å². The van der Waals surface area contributed by atoms with Crippen LogP contribution in [0.25, 0.3) is 0 Å². The van der Waals surface area contributed by atoms with Crippen molar-refractivity contribution in [2.45, 2.75) is 38.3 Å². The Kier molecular flexibility index (Phi) is 7.61. The normalized spacial score (nSPS) is 12.8. The summed E-state index contributed by atoms with van der Waals surface area (Å²) in [6.45, 7) is 4.74. The predicted octanol–water partition coefficient (Wildman–Crippen LogP) is 1.41. The molecule has 0 aromatic heterocycles. The third-order valence-corrected chi connectivity index (χ3v) is 3.35. The van der Waals surface area contributed by atoms with Gasteiger partial charge in [0, 0.05) is 13.3 Å². The first kappa shape index (κ1) is 19.3. The van der Waals surface area contributed by atoms with Gasteiger partial charge in [0.05, 0.1) is 0 Å². The van der Waals surface area contributed by atoms with E-state index in [1.54, 1.807) is 12.1 Å². The number of halogens is 1. The Labute approximate surface area is 139 Å². The van der Waals surface area contributed by atoms with Crippen molar-refractivity contribution < 1.29 is 23.9 Å². The minimum atomic E-state index is -1.18. The molecular weight excluding hydrogens is 315 g/mol. The van der Waals surface area contributed by atoms with Crippen molar-refractivity contribution in [2.24, 2.45) is 0 Å². The average Bonchev–Trinajstić information content (AvgIpc) is 2.51. The van der Waals surface area contributed by atoms with Crippen LogP contribution in [0.4, 0.5) is 4.39 Å². The molecule has 0 unspecified atom stereocenters. The van der Waals surface area contributed by atoms with Crippen LogP contribution in [0.15, 0.2) is 36.9 Å². The van der Waals surface area contributed by atoms with Crippen LogP contribution < -0.4 is 10.6 Å². The summed E-state index contributed by atoms with van der Waals surface area (Å²) < 4.78 is 13.8. The van der Waals surface area contributed by atoms with Gasteiger partial charge in [-0.25, -0.2) is 9.18 Å². The van der Waals surface area contributed by atoms with E-state index in [0.29, 0.717) is 6.42 Å². The summed E-state index contributed by atoms with van der Waals surface area (Å²) in [4.78, 5) is 34.8. The van der Waals surface area contributed by atoms with Crippen LogP contribution in [0.5, 0.6) is 0 Å². The Bertz CT molecular complexity index is 618. The van der Waals surface area contributed by atoms with E-state index in [4.69, 9.17) is 5.11 Å². The number of amides is 2. The number of carboxylic acid groups (broad SMARTS) is 1. The highest BCUT2D eigenvalue weighted by atomic mass is 19.1. The molecule has 130 valence electrons. The standard InChI is InChI=1S/C17H21FN2O4/c1-3-4-9-14(17(23)24)20-16(22)15(19-11(2)21)10-12-7-5-6-8-13(12)18/h3,5-8,14-15H,1,4,9-10H2,2H3,(H,19,21)(H,20,22)(H,23,24)/t14-,15-/m1/s1. The number of benzene rings is 1. The van der Waals surface area contributed by atoms with Crippen molar-refractivity contribution in [1.29, 1.82) is 0 Å². The molecule has 3 N–H and O–H groups in total. The second-order valence-electron chi connectivity index (χ2n) is 5.31. The summed E-state index contributed by atoms with van der Waals surface area (Å²) in [6, 6.07) is 3.72. The molecule has 1 aromatic rings. The summed E-state index contributed by atoms with van der Waals surface area (Å²) in [5.74, 6) is -2.82. The summed E-state index contributed by atoms with van der Waals surface area (Å²) in [5.41, 5.74) is 0.254. The van der Waals surface area contributed by atoms with E-state index < -0.39 is 35.7 Å². The van der Waals surface area contributed by atoms with E-state index in [1.807, 2.05) is 0 Å². The van der Waals surface area contributed by atoms with Gasteiger partial charge in [0.15, 0.2) is 0 Å². The molecule has 0 spiro atoms. The van der Waals surface area contributed by atoms with Gasteiger partial charge in [-0.3, -0.25) is 9.59 Å². The van der Waals surface area contributed by atoms with E-state index in [0.717, 1.165) is 0 Å². The highest BCUT2D eigenvalue weighted by Crippen LogP contribution is 2.10. The molecule has 0 saturated carbocycles. The first-order valence-corrected chi connectivity index (χ1v) is 7.49. The molecule has 24 heavy (non-hydrogen) atoms. The van der Waals surface area contributed by atoms with E-state index in [1.165, 1.54) is 25.1 Å². The second kappa shape index (κ2) is 9.44. The van der Waals surface area contributed by atoms with Crippen LogP contribution >= 0.6 is 0 Å². The molecule has 0 fully saturated rings. The fourth-order valence-electron chi connectivity index (χ4n) is 2.15. The number of carbonyl (C=O) groups excluding carboxylic acids is 2. The number of rotatable bonds is 9. The third-order valence-electron chi connectivity index (χ3n) is 3.35. The highest BCUT2D eigenvalue weighted by molar-refractivity contribution is 5.90. The van der Waals surface area contributed by atoms with Gasteiger partial charge < -0.3 is 15.7 Å². The van der Waals surface area contributed by atoms with Gasteiger partial charge in [0.25, 0.3) is 0 Å². The van der Waals surface area contributed by atoms with Gasteiger partial charge in [-0.15, -0.1) is 6.58 Å². The molecule has 0 aliphatic heterocycles. The maximum absolute atomic E-state index is 13.8. The zero-order valence-electron chi connectivity index (χ0n) is 13.4. The first-order chi connectivity index (χ1) is 11.3. The number of hydrogen-bond acceptors (Lipinski definition) is 3. The lowest BCUT2D eigenvalue weighted by Gasteiger charge is -2.21. The molecule has 6 nitrogen and oxygen atoms in total. The summed E-state index contributed by atoms with van der Waals surface area (Å²) >= 11 is 0. The largest absolute Gasteiger partial charge is 0.480 e. The van der Waals surface area contributed by atoms with Gasteiger partial charge in [0.2, 0.25) is 11.8 Å². The molecule has 0 saturated heterocycles. The van der Waals surface area contributed by atoms with Gasteiger partial charge >= 0.3 is 5.97 Å². The van der Waals surface area contributed by atoms with Crippen LogP contribution in [-0.2, 0) is 20.8 Å². The molecule has 0 aliphatic carbocycles. The summed E-state index contributed by atoms with van der Waals surface area (Å²) in [7, 11) is 0. The van der Waals surface area contributed by atoms with Crippen molar-refractivity contribution >= 4 is 17.8 Å². The quantitative estimate of drug-likeness (QED) is 0.594. The van der Waals surface area contributed by atoms with Crippen LogP contribution in [0.3, 0.4) is 0 Å². The SMILES string of the molecule is C=CCC[C@@H](NC(=O)[C@@H](Cc1ccccc1F)NC(C)=O)C(=O)O. The van der Waals surface area contributed by atoms with E-state index >= 15 is 0 Å². The van der Waals surface area contributed by atoms with E-state index in [-0.39, 0.29) is 18.4 Å². The molecule has 0 radical (unpaired) electrons. The number of carbonyl (C=O) groups is 3. The Morgan fingerprint density at radius 2 is 1.92 bits per heavy atom. The van der Waals surface area contributed by atoms with Gasteiger partial charge in [-0.2, -0.15) is 0 Å². The van der Waals surface area contributed by atoms with Crippen LogP contribution in [0, 0.1) is 5.82 Å². The fraction of sp³-hybridized carbons (Fsp3) is 0.353. The van der Waals surface area contributed by atoms with E-state index in [9.17, 15) is 18.8 Å². The minimum Gasteiger partial charge on any atom is -0.480 e. The molecule has 0 bridgehead atoms. The van der Waals surface area contributed by atoms with E-state index in [2.05, 4.69) is 17.2 Å². The number of nitrogens with one attached hydrogen (secondary N) is 2. The fourth-order valence-corrected chi connectivity index (χ4v) is 2.15. The Morgan fingerprint density at radius 1 is 1.25 bits per heavy atom.